The number of aromatic amines is 1. The van der Waals surface area contributed by atoms with Gasteiger partial charge in [-0.2, -0.15) is 5.10 Å². The van der Waals surface area contributed by atoms with Gasteiger partial charge in [0.1, 0.15) is 11.2 Å². The van der Waals surface area contributed by atoms with Gasteiger partial charge < -0.3 is 0 Å². The van der Waals surface area contributed by atoms with Crippen LogP contribution in [0, 0.1) is 6.92 Å². The molecule has 1 aliphatic carbocycles. The number of nitrogens with one attached hydrogen (secondary N) is 2. The highest BCUT2D eigenvalue weighted by molar-refractivity contribution is 7.19. The van der Waals surface area contributed by atoms with Gasteiger partial charge in [-0.25, -0.2) is 14.6 Å². The van der Waals surface area contributed by atoms with E-state index < -0.39 is 0 Å². The summed E-state index contributed by atoms with van der Waals surface area (Å²) in [7, 11) is 0. The number of benzene rings is 1. The van der Waals surface area contributed by atoms with Gasteiger partial charge in [-0.05, 0) is 43.9 Å². The highest BCUT2D eigenvalue weighted by Crippen LogP contribution is 2.38. The lowest BCUT2D eigenvalue weighted by Crippen LogP contribution is -2.17. The summed E-state index contributed by atoms with van der Waals surface area (Å²) in [6, 6.07) is 9.47. The molecule has 0 spiro atoms. The number of hydrogen-bond acceptors (Lipinski definition) is 6. The van der Waals surface area contributed by atoms with Gasteiger partial charge in [0, 0.05) is 10.6 Å². The van der Waals surface area contributed by atoms with E-state index in [0.29, 0.717) is 11.4 Å². The minimum Gasteiger partial charge on any atom is -0.295 e. The number of hydrazone groups is 1. The van der Waals surface area contributed by atoms with Crippen LogP contribution in [0.15, 0.2) is 46.6 Å². The van der Waals surface area contributed by atoms with Crippen LogP contribution >= 0.6 is 11.3 Å². The summed E-state index contributed by atoms with van der Waals surface area (Å²) < 4.78 is 1.52. The summed E-state index contributed by atoms with van der Waals surface area (Å²) >= 11 is 1.73. The molecule has 0 saturated carbocycles. The fourth-order valence-corrected chi connectivity index (χ4v) is 4.87. The second-order valence-electron chi connectivity index (χ2n) is 6.76. The average molecular weight is 390 g/mol. The molecular weight excluding hydrogens is 372 g/mol. The van der Waals surface area contributed by atoms with Crippen LogP contribution in [0.25, 0.3) is 15.9 Å². The van der Waals surface area contributed by atoms with E-state index in [1.54, 1.807) is 23.9 Å². The summed E-state index contributed by atoms with van der Waals surface area (Å²) in [5.74, 6) is 0.692. The first-order valence-electron chi connectivity index (χ1n) is 9.14. The van der Waals surface area contributed by atoms with Crippen molar-refractivity contribution in [3.05, 3.63) is 68.7 Å². The molecule has 0 aliphatic heterocycles. The van der Waals surface area contributed by atoms with Crippen LogP contribution in [0.5, 0.6) is 0 Å². The smallest absolute Gasteiger partial charge is 0.280 e. The van der Waals surface area contributed by atoms with Gasteiger partial charge in [-0.3, -0.25) is 15.3 Å². The van der Waals surface area contributed by atoms with Gasteiger partial charge in [0.2, 0.25) is 0 Å². The van der Waals surface area contributed by atoms with Crippen molar-refractivity contribution in [1.29, 1.82) is 0 Å². The number of H-pyrrole nitrogens is 1. The van der Waals surface area contributed by atoms with E-state index in [1.165, 1.54) is 21.5 Å². The van der Waals surface area contributed by atoms with Gasteiger partial charge in [-0.1, -0.05) is 18.2 Å². The lowest BCUT2D eigenvalue weighted by Gasteiger charge is -2.02. The minimum atomic E-state index is -0.140. The van der Waals surface area contributed by atoms with Gasteiger partial charge in [0.25, 0.3) is 5.56 Å². The molecule has 7 nitrogen and oxygen atoms in total. The molecule has 0 atom stereocenters. The SMILES string of the molecule is Cc1[nH]n(-c2ccccc2)c(=O)c1/C=N\Nc1ncnc2sc3c(c12)CCC3. The lowest BCUT2D eigenvalue weighted by atomic mass is 10.2. The zero-order valence-electron chi connectivity index (χ0n) is 15.3. The number of aryl methyl sites for hydroxylation is 3. The van der Waals surface area contributed by atoms with Crippen LogP contribution in [0.2, 0.25) is 0 Å². The maximum Gasteiger partial charge on any atom is 0.280 e. The fraction of sp³-hybridized carbons (Fsp3) is 0.200. The number of rotatable bonds is 4. The molecule has 0 bridgehead atoms. The molecule has 0 radical (unpaired) electrons. The van der Waals surface area contributed by atoms with Gasteiger partial charge in [0.15, 0.2) is 5.82 Å². The van der Waals surface area contributed by atoms with E-state index >= 15 is 0 Å². The molecule has 8 heteroatoms. The number of nitrogens with zero attached hydrogens (tertiary/aromatic N) is 4. The Morgan fingerprint density at radius 2 is 2.11 bits per heavy atom. The number of hydrogen-bond donors (Lipinski definition) is 2. The zero-order valence-corrected chi connectivity index (χ0v) is 16.1. The van der Waals surface area contributed by atoms with Crippen LogP contribution in [0.1, 0.15) is 28.1 Å². The Balaban J connectivity index is 1.46. The van der Waals surface area contributed by atoms with E-state index in [9.17, 15) is 4.79 Å². The van der Waals surface area contributed by atoms with E-state index in [1.807, 2.05) is 37.3 Å². The summed E-state index contributed by atoms with van der Waals surface area (Å²) in [5.41, 5.74) is 6.27. The van der Waals surface area contributed by atoms with E-state index in [2.05, 4.69) is 25.6 Å². The van der Waals surface area contributed by atoms with E-state index in [-0.39, 0.29) is 5.56 Å². The van der Waals surface area contributed by atoms with Crippen LogP contribution in [0.3, 0.4) is 0 Å². The fourth-order valence-electron chi connectivity index (χ4n) is 3.64. The average Bonchev–Trinajstić information content (AvgIpc) is 3.37. The third-order valence-corrected chi connectivity index (χ3v) is 6.20. The number of fused-ring (bicyclic) bond motifs is 3. The molecule has 1 aromatic carbocycles. The van der Waals surface area contributed by atoms with Crippen molar-refractivity contribution in [2.75, 3.05) is 5.43 Å². The second-order valence-corrected chi connectivity index (χ2v) is 7.84. The number of aromatic nitrogens is 4. The maximum atomic E-state index is 12.7. The number of thiophene rings is 1. The molecule has 140 valence electrons. The molecule has 2 N–H and O–H groups in total. The Labute approximate surface area is 164 Å². The Hall–Kier alpha value is -3.26. The van der Waals surface area contributed by atoms with Crippen LogP contribution in [-0.2, 0) is 12.8 Å². The van der Waals surface area contributed by atoms with Gasteiger partial charge in [-0.15, -0.1) is 11.3 Å². The number of para-hydroxylation sites is 1. The Bertz CT molecular complexity index is 1250. The highest BCUT2D eigenvalue weighted by Gasteiger charge is 2.21. The summed E-state index contributed by atoms with van der Waals surface area (Å²) in [6.07, 6.45) is 6.45. The lowest BCUT2D eigenvalue weighted by molar-refractivity contribution is 0.835. The predicted octanol–water partition coefficient (Wildman–Crippen LogP) is 3.41. The minimum absolute atomic E-state index is 0.140. The van der Waals surface area contributed by atoms with Crippen molar-refractivity contribution in [3.8, 4) is 5.69 Å². The third-order valence-electron chi connectivity index (χ3n) is 5.00. The van der Waals surface area contributed by atoms with Crippen LogP contribution in [0.4, 0.5) is 5.82 Å². The highest BCUT2D eigenvalue weighted by atomic mass is 32.1. The molecule has 3 aromatic heterocycles. The summed E-state index contributed by atoms with van der Waals surface area (Å²) in [5, 5.41) is 8.46. The Morgan fingerprint density at radius 3 is 2.96 bits per heavy atom. The second kappa shape index (κ2) is 6.72. The van der Waals surface area contributed by atoms with Crippen LogP contribution in [-0.4, -0.2) is 26.0 Å². The van der Waals surface area contributed by atoms with Crippen molar-refractivity contribution in [2.24, 2.45) is 5.10 Å². The molecule has 0 fully saturated rings. The first-order valence-corrected chi connectivity index (χ1v) is 9.95. The quantitative estimate of drug-likeness (QED) is 0.413. The Morgan fingerprint density at radius 1 is 1.25 bits per heavy atom. The molecule has 3 heterocycles. The molecule has 0 amide bonds. The van der Waals surface area contributed by atoms with Crippen molar-refractivity contribution in [3.63, 3.8) is 0 Å². The maximum absolute atomic E-state index is 12.7. The molecule has 4 aromatic rings. The van der Waals surface area contributed by atoms with Crippen molar-refractivity contribution in [1.82, 2.24) is 19.7 Å². The normalized spacial score (nSPS) is 13.5. The third kappa shape index (κ3) is 2.73. The van der Waals surface area contributed by atoms with Crippen molar-refractivity contribution >= 4 is 33.6 Å². The first kappa shape index (κ1) is 16.9. The Kier molecular flexibility index (Phi) is 4.05. The molecular formula is C20H18N6OS. The monoisotopic (exact) mass is 390 g/mol. The molecule has 0 saturated heterocycles. The predicted molar refractivity (Wildman–Crippen MR) is 112 cm³/mol. The number of anilines is 1. The zero-order chi connectivity index (χ0) is 19.1. The molecule has 0 unspecified atom stereocenters. The summed E-state index contributed by atoms with van der Waals surface area (Å²) in [6.45, 7) is 1.86. The largest absolute Gasteiger partial charge is 0.295 e. The van der Waals surface area contributed by atoms with Crippen molar-refractivity contribution in [2.45, 2.75) is 26.2 Å². The topological polar surface area (TPSA) is 88.0 Å². The first-order chi connectivity index (χ1) is 13.7. The van der Waals surface area contributed by atoms with E-state index in [4.69, 9.17) is 0 Å². The van der Waals surface area contributed by atoms with Gasteiger partial charge >= 0.3 is 0 Å². The van der Waals surface area contributed by atoms with Crippen LogP contribution < -0.4 is 11.0 Å². The molecule has 28 heavy (non-hydrogen) atoms. The van der Waals surface area contributed by atoms with Gasteiger partial charge in [0.05, 0.1) is 22.9 Å². The standard InChI is InChI=1S/C20H18N6OS/c1-12-15(20(27)26(25-12)13-6-3-2-4-7-13)10-23-24-18-17-14-8-5-9-16(14)28-19(17)22-11-21-18/h2-4,6-7,10-11,25H,5,8-9H2,1H3,(H,21,22,24)/b23-10-. The molecule has 5 rings (SSSR count). The van der Waals surface area contributed by atoms with Crippen molar-refractivity contribution < 1.29 is 0 Å². The summed E-state index contributed by atoms with van der Waals surface area (Å²) in [4.78, 5) is 23.9. The molecule has 1 aliphatic rings. The van der Waals surface area contributed by atoms with E-state index in [0.717, 1.165) is 34.4 Å².